The first kappa shape index (κ1) is 13.3. The van der Waals surface area contributed by atoms with Crippen LogP contribution in [0.25, 0.3) is 0 Å². The van der Waals surface area contributed by atoms with E-state index < -0.39 is 0 Å². The molecule has 0 spiro atoms. The molecule has 0 aliphatic carbocycles. The monoisotopic (exact) mass is 242 g/mol. The summed E-state index contributed by atoms with van der Waals surface area (Å²) in [6.07, 6.45) is 5.39. The van der Waals surface area contributed by atoms with Crippen molar-refractivity contribution in [3.05, 3.63) is 0 Å². The van der Waals surface area contributed by atoms with Crippen LogP contribution in [0.4, 0.5) is 0 Å². The third-order valence-electron chi connectivity index (χ3n) is 4.40. The van der Waals surface area contributed by atoms with E-state index in [1.165, 1.54) is 0 Å². The molecule has 0 bridgehead atoms. The molecule has 4 heteroatoms. The number of hydrogen-bond donors (Lipinski definition) is 2. The van der Waals surface area contributed by atoms with E-state index in [9.17, 15) is 0 Å². The molecule has 2 fully saturated rings. The molecule has 4 nitrogen and oxygen atoms in total. The minimum absolute atomic E-state index is 0.0633. The Balaban J connectivity index is 1.94. The summed E-state index contributed by atoms with van der Waals surface area (Å²) in [6, 6.07) is 0. The summed E-state index contributed by atoms with van der Waals surface area (Å²) in [4.78, 5) is 0. The maximum atomic E-state index is 6.02. The van der Waals surface area contributed by atoms with Crippen molar-refractivity contribution in [1.29, 1.82) is 0 Å². The van der Waals surface area contributed by atoms with Gasteiger partial charge >= 0.3 is 0 Å². The van der Waals surface area contributed by atoms with Gasteiger partial charge in [0.2, 0.25) is 0 Å². The van der Waals surface area contributed by atoms with E-state index >= 15 is 0 Å². The first-order valence-electron chi connectivity index (χ1n) is 6.79. The molecule has 2 aliphatic rings. The van der Waals surface area contributed by atoms with Gasteiger partial charge in [-0.3, -0.25) is 0 Å². The minimum Gasteiger partial charge on any atom is -0.373 e. The zero-order valence-electron chi connectivity index (χ0n) is 11.0. The van der Waals surface area contributed by atoms with Gasteiger partial charge in [0.05, 0.1) is 24.4 Å². The van der Waals surface area contributed by atoms with E-state index in [0.717, 1.165) is 25.7 Å². The average Bonchev–Trinajstić information content (AvgIpc) is 2.98. The van der Waals surface area contributed by atoms with Gasteiger partial charge < -0.3 is 20.9 Å². The fourth-order valence-electron chi connectivity index (χ4n) is 3.06. The standard InChI is InChI=1S/C13H26N2O2/c1-13(2,11-5-3-9(7-14)16-11)12-6-4-10(8-15)17-12/h9-12H,3-8,14-15H2,1-2H3. The lowest BCUT2D eigenvalue weighted by molar-refractivity contribution is -0.0981. The molecule has 100 valence electrons. The predicted octanol–water partition coefficient (Wildman–Crippen LogP) is 1.03. The predicted molar refractivity (Wildman–Crippen MR) is 67.7 cm³/mol. The summed E-state index contributed by atoms with van der Waals surface area (Å²) in [5.41, 5.74) is 11.4. The molecule has 17 heavy (non-hydrogen) atoms. The molecule has 2 rings (SSSR count). The van der Waals surface area contributed by atoms with E-state index in [1.54, 1.807) is 0 Å². The highest BCUT2D eigenvalue weighted by Gasteiger charge is 2.45. The summed E-state index contributed by atoms with van der Waals surface area (Å²) in [6.45, 7) is 5.76. The summed E-state index contributed by atoms with van der Waals surface area (Å²) >= 11 is 0. The van der Waals surface area contributed by atoms with Crippen LogP contribution in [-0.2, 0) is 9.47 Å². The molecular formula is C13H26N2O2. The van der Waals surface area contributed by atoms with Gasteiger partial charge in [-0.05, 0) is 25.7 Å². The molecule has 0 radical (unpaired) electrons. The lowest BCUT2D eigenvalue weighted by Crippen LogP contribution is -2.41. The van der Waals surface area contributed by atoms with Crippen molar-refractivity contribution >= 4 is 0 Å². The van der Waals surface area contributed by atoms with E-state index in [4.69, 9.17) is 20.9 Å². The number of rotatable bonds is 4. The molecule has 0 saturated carbocycles. The van der Waals surface area contributed by atoms with Crippen LogP contribution < -0.4 is 11.5 Å². The van der Waals surface area contributed by atoms with Gasteiger partial charge in [-0.15, -0.1) is 0 Å². The molecule has 0 amide bonds. The van der Waals surface area contributed by atoms with Crippen LogP contribution in [0.2, 0.25) is 0 Å². The van der Waals surface area contributed by atoms with Crippen LogP contribution in [0, 0.1) is 5.41 Å². The van der Waals surface area contributed by atoms with Gasteiger partial charge in [0.15, 0.2) is 0 Å². The zero-order valence-corrected chi connectivity index (χ0v) is 11.0. The Morgan fingerprint density at radius 1 is 0.882 bits per heavy atom. The fourth-order valence-corrected chi connectivity index (χ4v) is 3.06. The molecule has 4 unspecified atom stereocenters. The summed E-state index contributed by atoms with van der Waals surface area (Å²) in [7, 11) is 0. The lowest BCUT2D eigenvalue weighted by atomic mass is 9.78. The van der Waals surface area contributed by atoms with Crippen LogP contribution in [0.15, 0.2) is 0 Å². The highest BCUT2D eigenvalue weighted by atomic mass is 16.5. The van der Waals surface area contributed by atoms with Crippen molar-refractivity contribution in [2.45, 2.75) is 63.9 Å². The Kier molecular flexibility index (Phi) is 4.08. The van der Waals surface area contributed by atoms with Crippen molar-refractivity contribution in [3.63, 3.8) is 0 Å². The van der Waals surface area contributed by atoms with Crippen LogP contribution in [0.5, 0.6) is 0 Å². The van der Waals surface area contributed by atoms with Crippen LogP contribution in [0.1, 0.15) is 39.5 Å². The Labute approximate surface area is 104 Å². The van der Waals surface area contributed by atoms with E-state index in [0.29, 0.717) is 13.1 Å². The molecule has 2 heterocycles. The Hall–Kier alpha value is -0.160. The molecule has 0 aromatic rings. The van der Waals surface area contributed by atoms with Crippen molar-refractivity contribution in [2.24, 2.45) is 16.9 Å². The number of nitrogens with two attached hydrogens (primary N) is 2. The second-order valence-electron chi connectivity index (χ2n) is 5.94. The highest BCUT2D eigenvalue weighted by molar-refractivity contribution is 4.94. The maximum Gasteiger partial charge on any atom is 0.0702 e. The maximum absolute atomic E-state index is 6.02. The van der Waals surface area contributed by atoms with Crippen LogP contribution in [0.3, 0.4) is 0 Å². The van der Waals surface area contributed by atoms with Crippen LogP contribution >= 0.6 is 0 Å². The summed E-state index contributed by atoms with van der Waals surface area (Å²) < 4.78 is 12.0. The molecule has 2 saturated heterocycles. The van der Waals surface area contributed by atoms with Crippen LogP contribution in [-0.4, -0.2) is 37.5 Å². The molecule has 4 N–H and O–H groups in total. The topological polar surface area (TPSA) is 70.5 Å². The normalized spacial score (nSPS) is 38.8. The summed E-state index contributed by atoms with van der Waals surface area (Å²) in [5, 5.41) is 0. The van der Waals surface area contributed by atoms with Gasteiger partial charge in [0.25, 0.3) is 0 Å². The SMILES string of the molecule is CC(C)(C1CCC(CN)O1)C1CCC(CN)O1. The third-order valence-corrected chi connectivity index (χ3v) is 4.40. The Bertz CT molecular complexity index is 234. The quantitative estimate of drug-likeness (QED) is 0.772. The Morgan fingerprint density at radius 2 is 1.29 bits per heavy atom. The average molecular weight is 242 g/mol. The second kappa shape index (κ2) is 5.22. The highest BCUT2D eigenvalue weighted by Crippen LogP contribution is 2.42. The molecular weight excluding hydrogens is 216 g/mol. The van der Waals surface area contributed by atoms with Crippen molar-refractivity contribution < 1.29 is 9.47 Å². The fraction of sp³-hybridized carbons (Fsp3) is 1.00. The lowest BCUT2D eigenvalue weighted by Gasteiger charge is -2.36. The molecule has 0 aromatic carbocycles. The van der Waals surface area contributed by atoms with Gasteiger partial charge in [0.1, 0.15) is 0 Å². The van der Waals surface area contributed by atoms with E-state index in [1.807, 2.05) is 0 Å². The largest absolute Gasteiger partial charge is 0.373 e. The zero-order chi connectivity index (χ0) is 12.5. The first-order chi connectivity index (χ1) is 8.07. The van der Waals surface area contributed by atoms with Crippen molar-refractivity contribution in [1.82, 2.24) is 0 Å². The smallest absolute Gasteiger partial charge is 0.0702 e. The second-order valence-corrected chi connectivity index (χ2v) is 5.94. The minimum atomic E-state index is 0.0633. The third kappa shape index (κ3) is 2.65. The molecule has 2 aliphatic heterocycles. The van der Waals surface area contributed by atoms with Gasteiger partial charge in [-0.1, -0.05) is 13.8 Å². The number of hydrogen-bond acceptors (Lipinski definition) is 4. The van der Waals surface area contributed by atoms with Gasteiger partial charge in [-0.25, -0.2) is 0 Å². The molecule has 0 aromatic heterocycles. The van der Waals surface area contributed by atoms with Gasteiger partial charge in [-0.2, -0.15) is 0 Å². The van der Waals surface area contributed by atoms with E-state index in [-0.39, 0.29) is 29.8 Å². The summed E-state index contributed by atoms with van der Waals surface area (Å²) in [5.74, 6) is 0. The Morgan fingerprint density at radius 3 is 1.59 bits per heavy atom. The van der Waals surface area contributed by atoms with Crippen molar-refractivity contribution in [3.8, 4) is 0 Å². The van der Waals surface area contributed by atoms with E-state index in [2.05, 4.69) is 13.8 Å². The first-order valence-corrected chi connectivity index (χ1v) is 6.79. The number of ether oxygens (including phenoxy) is 2. The van der Waals surface area contributed by atoms with Gasteiger partial charge in [0, 0.05) is 18.5 Å². The van der Waals surface area contributed by atoms with Crippen molar-refractivity contribution in [2.75, 3.05) is 13.1 Å². The molecule has 4 atom stereocenters.